The number of rotatable bonds is 4. The van der Waals surface area contributed by atoms with Gasteiger partial charge in [0.1, 0.15) is 0 Å². The Morgan fingerprint density at radius 1 is 1.25 bits per heavy atom. The summed E-state index contributed by atoms with van der Waals surface area (Å²) in [5, 5.41) is 2.66. The third kappa shape index (κ3) is 4.37. The maximum Gasteiger partial charge on any atom is 0.411 e. The van der Waals surface area contributed by atoms with Crippen LogP contribution in [-0.2, 0) is 4.74 Å². The summed E-state index contributed by atoms with van der Waals surface area (Å²) in [7, 11) is 0. The zero-order valence-corrected chi connectivity index (χ0v) is 11.9. The van der Waals surface area contributed by atoms with E-state index in [1.54, 1.807) is 24.3 Å². The molecule has 1 aromatic carbocycles. The van der Waals surface area contributed by atoms with Gasteiger partial charge >= 0.3 is 6.09 Å². The number of ether oxygens (including phenoxy) is 1. The number of nitrogens with one attached hydrogen (secondary N) is 1. The monoisotopic (exact) mass is 275 g/mol. The number of amides is 1. The number of hydrogen-bond acceptors (Lipinski definition) is 3. The van der Waals surface area contributed by atoms with Crippen LogP contribution < -0.4 is 5.32 Å². The van der Waals surface area contributed by atoms with Gasteiger partial charge in [-0.2, -0.15) is 0 Å². The smallest absolute Gasteiger partial charge is 0.411 e. The van der Waals surface area contributed by atoms with Crippen LogP contribution in [-0.4, -0.2) is 18.5 Å². The number of ketones is 1. The van der Waals surface area contributed by atoms with E-state index in [4.69, 9.17) is 4.74 Å². The normalized spacial score (nSPS) is 15.7. The van der Waals surface area contributed by atoms with Crippen molar-refractivity contribution in [2.45, 2.75) is 39.0 Å². The Kier molecular flexibility index (Phi) is 5.16. The van der Waals surface area contributed by atoms with Crippen molar-refractivity contribution < 1.29 is 14.3 Å². The Hall–Kier alpha value is -1.84. The Morgan fingerprint density at radius 3 is 2.70 bits per heavy atom. The molecule has 108 valence electrons. The van der Waals surface area contributed by atoms with Gasteiger partial charge in [-0.15, -0.1) is 0 Å². The Labute approximate surface area is 119 Å². The second-order valence-corrected chi connectivity index (χ2v) is 5.36. The van der Waals surface area contributed by atoms with Crippen LogP contribution in [0.5, 0.6) is 0 Å². The van der Waals surface area contributed by atoms with Crippen molar-refractivity contribution in [1.29, 1.82) is 0 Å². The first kappa shape index (κ1) is 14.6. The molecule has 0 spiro atoms. The highest BCUT2D eigenvalue weighted by Crippen LogP contribution is 2.23. The summed E-state index contributed by atoms with van der Waals surface area (Å²) in [6.45, 7) is 1.98. The molecule has 0 bridgehead atoms. The maximum atomic E-state index is 11.7. The van der Waals surface area contributed by atoms with E-state index in [2.05, 4.69) is 5.32 Å². The van der Waals surface area contributed by atoms with Crippen molar-refractivity contribution in [2.24, 2.45) is 5.92 Å². The fourth-order valence-corrected chi connectivity index (χ4v) is 2.52. The largest absolute Gasteiger partial charge is 0.449 e. The fourth-order valence-electron chi connectivity index (χ4n) is 2.52. The van der Waals surface area contributed by atoms with Crippen molar-refractivity contribution in [1.82, 2.24) is 0 Å². The van der Waals surface area contributed by atoms with E-state index in [-0.39, 0.29) is 5.78 Å². The molecule has 2 rings (SSSR count). The highest BCUT2D eigenvalue weighted by atomic mass is 16.5. The van der Waals surface area contributed by atoms with Crippen LogP contribution in [0.2, 0.25) is 0 Å². The van der Waals surface area contributed by atoms with Crippen molar-refractivity contribution in [3.05, 3.63) is 29.8 Å². The quantitative estimate of drug-likeness (QED) is 0.844. The average molecular weight is 275 g/mol. The lowest BCUT2D eigenvalue weighted by atomic mass is 9.90. The Balaban J connectivity index is 1.81. The predicted molar refractivity (Wildman–Crippen MR) is 78.0 cm³/mol. The van der Waals surface area contributed by atoms with Gasteiger partial charge in [0, 0.05) is 11.3 Å². The second kappa shape index (κ2) is 7.08. The van der Waals surface area contributed by atoms with Crippen molar-refractivity contribution >= 4 is 17.6 Å². The van der Waals surface area contributed by atoms with Crippen LogP contribution >= 0.6 is 0 Å². The van der Waals surface area contributed by atoms with Gasteiger partial charge in [-0.25, -0.2) is 4.79 Å². The molecule has 20 heavy (non-hydrogen) atoms. The van der Waals surface area contributed by atoms with Gasteiger partial charge < -0.3 is 4.74 Å². The summed E-state index contributed by atoms with van der Waals surface area (Å²) >= 11 is 0. The highest BCUT2D eigenvalue weighted by Gasteiger charge is 2.15. The molecule has 0 unspecified atom stereocenters. The third-order valence-corrected chi connectivity index (χ3v) is 3.69. The maximum absolute atomic E-state index is 11.7. The van der Waals surface area contributed by atoms with E-state index in [1.165, 1.54) is 26.2 Å². The average Bonchev–Trinajstić information content (AvgIpc) is 2.46. The van der Waals surface area contributed by atoms with E-state index >= 15 is 0 Å². The van der Waals surface area contributed by atoms with Gasteiger partial charge in [0.15, 0.2) is 5.78 Å². The molecule has 1 saturated carbocycles. The summed E-state index contributed by atoms with van der Waals surface area (Å²) in [4.78, 5) is 23.0. The molecule has 1 N–H and O–H groups in total. The van der Waals surface area contributed by atoms with Crippen molar-refractivity contribution in [3.8, 4) is 0 Å². The minimum Gasteiger partial charge on any atom is -0.449 e. The Bertz CT molecular complexity index is 478. The number of carbonyl (C=O) groups excluding carboxylic acids is 2. The lowest BCUT2D eigenvalue weighted by molar-refractivity contribution is 0.101. The number of carbonyl (C=O) groups is 2. The van der Waals surface area contributed by atoms with Gasteiger partial charge in [0.05, 0.1) is 6.61 Å². The van der Waals surface area contributed by atoms with Crippen LogP contribution in [0.4, 0.5) is 10.5 Å². The standard InChI is InChI=1S/C16H21NO3/c1-12(18)14-8-5-9-15(10-14)17-16(19)20-11-13-6-3-2-4-7-13/h5,8-10,13H,2-4,6-7,11H2,1H3,(H,17,19). The highest BCUT2D eigenvalue weighted by molar-refractivity contribution is 5.96. The van der Waals surface area contributed by atoms with E-state index in [0.29, 0.717) is 23.8 Å². The molecule has 1 aliphatic carbocycles. The zero-order valence-electron chi connectivity index (χ0n) is 11.9. The SMILES string of the molecule is CC(=O)c1cccc(NC(=O)OCC2CCCCC2)c1. The molecule has 0 aliphatic heterocycles. The molecule has 1 amide bonds. The summed E-state index contributed by atoms with van der Waals surface area (Å²) in [6.07, 6.45) is 5.60. The first-order chi connectivity index (χ1) is 9.65. The molecule has 0 saturated heterocycles. The van der Waals surface area contributed by atoms with E-state index in [1.807, 2.05) is 0 Å². The van der Waals surface area contributed by atoms with E-state index in [0.717, 1.165) is 12.8 Å². The summed E-state index contributed by atoms with van der Waals surface area (Å²) in [5.41, 5.74) is 1.17. The topological polar surface area (TPSA) is 55.4 Å². The Morgan fingerprint density at radius 2 is 2.00 bits per heavy atom. The molecule has 1 fully saturated rings. The van der Waals surface area contributed by atoms with Crippen molar-refractivity contribution in [3.63, 3.8) is 0 Å². The van der Waals surface area contributed by atoms with Crippen LogP contribution in [0.15, 0.2) is 24.3 Å². The molecule has 0 aromatic heterocycles. The molecule has 0 radical (unpaired) electrons. The number of anilines is 1. The number of benzene rings is 1. The first-order valence-corrected chi connectivity index (χ1v) is 7.20. The third-order valence-electron chi connectivity index (χ3n) is 3.69. The van der Waals surface area contributed by atoms with Gasteiger partial charge in [0.2, 0.25) is 0 Å². The first-order valence-electron chi connectivity index (χ1n) is 7.20. The lowest BCUT2D eigenvalue weighted by Gasteiger charge is -2.21. The molecule has 1 aromatic rings. The van der Waals surface area contributed by atoms with Gasteiger partial charge in [-0.3, -0.25) is 10.1 Å². The van der Waals surface area contributed by atoms with Crippen LogP contribution in [0, 0.1) is 5.92 Å². The van der Waals surface area contributed by atoms with E-state index in [9.17, 15) is 9.59 Å². The summed E-state index contributed by atoms with van der Waals surface area (Å²) in [6, 6.07) is 6.87. The van der Waals surface area contributed by atoms with Crippen LogP contribution in [0.1, 0.15) is 49.4 Å². The summed E-state index contributed by atoms with van der Waals surface area (Å²) < 4.78 is 5.25. The minimum atomic E-state index is -0.448. The molecular formula is C16H21NO3. The second-order valence-electron chi connectivity index (χ2n) is 5.36. The molecule has 0 heterocycles. The van der Waals surface area contributed by atoms with Gasteiger partial charge in [0.25, 0.3) is 0 Å². The van der Waals surface area contributed by atoms with Crippen LogP contribution in [0.3, 0.4) is 0 Å². The lowest BCUT2D eigenvalue weighted by Crippen LogP contribution is -2.20. The fraction of sp³-hybridized carbons (Fsp3) is 0.500. The van der Waals surface area contributed by atoms with Crippen LogP contribution in [0.25, 0.3) is 0 Å². The molecule has 4 heteroatoms. The molecule has 1 aliphatic rings. The minimum absolute atomic E-state index is 0.0239. The van der Waals surface area contributed by atoms with E-state index < -0.39 is 6.09 Å². The molecule has 4 nitrogen and oxygen atoms in total. The number of hydrogen-bond donors (Lipinski definition) is 1. The zero-order chi connectivity index (χ0) is 14.4. The van der Waals surface area contributed by atoms with Gasteiger partial charge in [-0.05, 0) is 37.8 Å². The van der Waals surface area contributed by atoms with Crippen molar-refractivity contribution in [2.75, 3.05) is 11.9 Å². The van der Waals surface area contributed by atoms with Gasteiger partial charge in [-0.1, -0.05) is 31.4 Å². The predicted octanol–water partition coefficient (Wildman–Crippen LogP) is 4.02. The number of Topliss-reactive ketones (excluding diaryl/α,β-unsaturated/α-hetero) is 1. The molecule has 0 atom stereocenters. The summed E-state index contributed by atoms with van der Waals surface area (Å²) in [5.74, 6) is 0.474. The molecular weight excluding hydrogens is 254 g/mol.